The maximum Gasteiger partial charge on any atom is 0.338 e. The van der Waals surface area contributed by atoms with Gasteiger partial charge in [0.2, 0.25) is 0 Å². The smallest absolute Gasteiger partial charge is 0.338 e. The van der Waals surface area contributed by atoms with Crippen LogP contribution in [0.15, 0.2) is 75.1 Å². The number of sulfonamides is 1. The van der Waals surface area contributed by atoms with Crippen molar-refractivity contribution in [2.75, 3.05) is 16.3 Å². The van der Waals surface area contributed by atoms with Crippen molar-refractivity contribution in [3.8, 4) is 0 Å². The van der Waals surface area contributed by atoms with E-state index in [1.54, 1.807) is 23.6 Å². The average molecular weight is 477 g/mol. The van der Waals surface area contributed by atoms with Gasteiger partial charge in [-0.3, -0.25) is 9.52 Å². The maximum atomic E-state index is 12.4. The van der Waals surface area contributed by atoms with E-state index < -0.39 is 28.0 Å². The highest BCUT2D eigenvalue weighted by Crippen LogP contribution is 2.25. The Labute approximate surface area is 188 Å². The second-order valence-electron chi connectivity index (χ2n) is 6.35. The summed E-state index contributed by atoms with van der Waals surface area (Å²) < 4.78 is 32.4. The third kappa shape index (κ3) is 5.87. The zero-order valence-corrected chi connectivity index (χ0v) is 19.1. The Morgan fingerprint density at radius 1 is 1.03 bits per heavy atom. The topological polar surface area (TPSA) is 102 Å². The summed E-state index contributed by atoms with van der Waals surface area (Å²) >= 11 is 2.60. The van der Waals surface area contributed by atoms with Crippen LogP contribution in [0.1, 0.15) is 17.3 Å². The van der Waals surface area contributed by atoms with Gasteiger partial charge in [-0.1, -0.05) is 18.2 Å². The number of ether oxygens (including phenoxy) is 1. The number of amides is 1. The van der Waals surface area contributed by atoms with Gasteiger partial charge in [0.1, 0.15) is 4.21 Å². The summed E-state index contributed by atoms with van der Waals surface area (Å²) in [5.74, 6) is -1.14. The fourth-order valence-corrected chi connectivity index (χ4v) is 5.17. The number of nitrogens with one attached hydrogen (secondary N) is 2. The number of benzene rings is 2. The summed E-state index contributed by atoms with van der Waals surface area (Å²) in [5, 5.41) is 4.42. The fourth-order valence-electron chi connectivity index (χ4n) is 2.56. The predicted molar refractivity (Wildman–Crippen MR) is 123 cm³/mol. The van der Waals surface area contributed by atoms with Crippen molar-refractivity contribution in [2.24, 2.45) is 0 Å². The van der Waals surface area contributed by atoms with Crippen LogP contribution in [0, 0.1) is 0 Å². The molecule has 2 N–H and O–H groups in total. The molecule has 7 nitrogen and oxygen atoms in total. The minimum Gasteiger partial charge on any atom is -0.449 e. The molecule has 0 fully saturated rings. The van der Waals surface area contributed by atoms with Gasteiger partial charge in [-0.15, -0.1) is 23.1 Å². The number of hydrogen-bond acceptors (Lipinski definition) is 7. The Hall–Kier alpha value is -2.82. The molecule has 0 spiro atoms. The van der Waals surface area contributed by atoms with E-state index in [2.05, 4.69) is 10.0 Å². The second kappa shape index (κ2) is 9.99. The third-order valence-electron chi connectivity index (χ3n) is 4.15. The van der Waals surface area contributed by atoms with Crippen LogP contribution >= 0.6 is 23.1 Å². The molecule has 10 heteroatoms. The first-order valence-electron chi connectivity index (χ1n) is 9.11. The summed E-state index contributed by atoms with van der Waals surface area (Å²) in [7, 11) is -3.67. The molecule has 1 atom stereocenters. The van der Waals surface area contributed by atoms with Gasteiger partial charge in [0.05, 0.1) is 11.3 Å². The number of para-hydroxylation sites is 1. The lowest BCUT2D eigenvalue weighted by molar-refractivity contribution is -0.123. The van der Waals surface area contributed by atoms with Crippen molar-refractivity contribution in [2.45, 2.75) is 22.1 Å². The fraction of sp³-hybridized carbons (Fsp3) is 0.143. The molecule has 0 bridgehead atoms. The largest absolute Gasteiger partial charge is 0.449 e. The predicted octanol–water partition coefficient (Wildman–Crippen LogP) is 4.45. The van der Waals surface area contributed by atoms with Crippen LogP contribution in [0.5, 0.6) is 0 Å². The van der Waals surface area contributed by atoms with E-state index in [1.807, 2.05) is 18.4 Å². The summed E-state index contributed by atoms with van der Waals surface area (Å²) in [6.07, 6.45) is 0.887. The van der Waals surface area contributed by atoms with Crippen LogP contribution in [-0.4, -0.2) is 32.7 Å². The molecule has 3 aromatic rings. The lowest BCUT2D eigenvalue weighted by Gasteiger charge is -2.15. The SMILES string of the molecule is CSc1ccccc1NC(=O)[C@@H](C)OC(=O)c1ccc(NS(=O)(=O)c2cccs2)cc1. The highest BCUT2D eigenvalue weighted by atomic mass is 32.2. The summed E-state index contributed by atoms with van der Waals surface area (Å²) in [6.45, 7) is 1.48. The van der Waals surface area contributed by atoms with Crippen LogP contribution in [0.25, 0.3) is 0 Å². The number of carbonyl (C=O) groups excluding carboxylic acids is 2. The van der Waals surface area contributed by atoms with E-state index >= 15 is 0 Å². The average Bonchev–Trinajstić information content (AvgIpc) is 3.30. The first-order valence-corrected chi connectivity index (χ1v) is 12.7. The molecule has 3 rings (SSSR count). The Kier molecular flexibility index (Phi) is 7.37. The minimum atomic E-state index is -3.67. The molecular weight excluding hydrogens is 456 g/mol. The number of carbonyl (C=O) groups is 2. The second-order valence-corrected chi connectivity index (χ2v) is 10.1. The number of rotatable bonds is 8. The van der Waals surface area contributed by atoms with Crippen LogP contribution in [-0.2, 0) is 19.6 Å². The molecule has 1 aromatic heterocycles. The van der Waals surface area contributed by atoms with E-state index in [-0.39, 0.29) is 9.77 Å². The Morgan fingerprint density at radius 3 is 2.39 bits per heavy atom. The summed E-state index contributed by atoms with van der Waals surface area (Å²) in [4.78, 5) is 25.7. The Morgan fingerprint density at radius 2 is 1.74 bits per heavy atom. The molecule has 0 saturated carbocycles. The number of esters is 1. The van der Waals surface area contributed by atoms with Crippen molar-refractivity contribution in [1.29, 1.82) is 0 Å². The zero-order valence-electron chi connectivity index (χ0n) is 16.7. The first-order chi connectivity index (χ1) is 14.8. The van der Waals surface area contributed by atoms with E-state index in [4.69, 9.17) is 4.74 Å². The van der Waals surface area contributed by atoms with Crippen molar-refractivity contribution in [3.63, 3.8) is 0 Å². The Bertz CT molecular complexity index is 1160. The number of thiophene rings is 1. The molecule has 0 aliphatic carbocycles. The van der Waals surface area contributed by atoms with Gasteiger partial charge in [0.15, 0.2) is 6.10 Å². The van der Waals surface area contributed by atoms with Crippen molar-refractivity contribution >= 4 is 56.4 Å². The van der Waals surface area contributed by atoms with Crippen molar-refractivity contribution < 1.29 is 22.7 Å². The molecule has 0 saturated heterocycles. The van der Waals surface area contributed by atoms with E-state index in [9.17, 15) is 18.0 Å². The lowest BCUT2D eigenvalue weighted by Crippen LogP contribution is -2.30. The van der Waals surface area contributed by atoms with Crippen LogP contribution in [0.3, 0.4) is 0 Å². The molecule has 0 aliphatic heterocycles. The molecular formula is C21H20N2O5S3. The highest BCUT2D eigenvalue weighted by molar-refractivity contribution is 7.98. The quantitative estimate of drug-likeness (QED) is 0.368. The molecule has 1 amide bonds. The van der Waals surface area contributed by atoms with Gasteiger partial charge >= 0.3 is 5.97 Å². The highest BCUT2D eigenvalue weighted by Gasteiger charge is 2.20. The van der Waals surface area contributed by atoms with E-state index in [0.717, 1.165) is 16.2 Å². The molecule has 162 valence electrons. The lowest BCUT2D eigenvalue weighted by atomic mass is 10.2. The van der Waals surface area contributed by atoms with Crippen molar-refractivity contribution in [3.05, 3.63) is 71.6 Å². The normalized spacial score (nSPS) is 12.1. The monoisotopic (exact) mass is 476 g/mol. The number of anilines is 2. The van der Waals surface area contributed by atoms with Gasteiger partial charge in [-0.25, -0.2) is 13.2 Å². The zero-order chi connectivity index (χ0) is 22.4. The van der Waals surface area contributed by atoms with Crippen LogP contribution in [0.2, 0.25) is 0 Å². The molecule has 0 radical (unpaired) electrons. The van der Waals surface area contributed by atoms with Crippen LogP contribution < -0.4 is 10.0 Å². The van der Waals surface area contributed by atoms with Gasteiger partial charge in [-0.2, -0.15) is 0 Å². The number of thioether (sulfide) groups is 1. The minimum absolute atomic E-state index is 0.193. The van der Waals surface area contributed by atoms with Gasteiger partial charge < -0.3 is 10.1 Å². The summed E-state index contributed by atoms with van der Waals surface area (Å²) in [5.41, 5.74) is 1.15. The van der Waals surface area contributed by atoms with Crippen molar-refractivity contribution in [1.82, 2.24) is 0 Å². The van der Waals surface area contributed by atoms with E-state index in [0.29, 0.717) is 11.4 Å². The molecule has 31 heavy (non-hydrogen) atoms. The number of hydrogen-bond donors (Lipinski definition) is 2. The third-order valence-corrected chi connectivity index (χ3v) is 7.73. The van der Waals surface area contributed by atoms with Gasteiger partial charge in [0, 0.05) is 10.6 Å². The van der Waals surface area contributed by atoms with Crippen LogP contribution in [0.4, 0.5) is 11.4 Å². The Balaban J connectivity index is 1.60. The molecule has 0 unspecified atom stereocenters. The molecule has 0 aliphatic rings. The van der Waals surface area contributed by atoms with Gasteiger partial charge in [0.25, 0.3) is 15.9 Å². The first kappa shape index (κ1) is 22.9. The molecule has 2 aromatic carbocycles. The maximum absolute atomic E-state index is 12.4. The molecule has 1 heterocycles. The standard InChI is InChI=1S/C21H20N2O5S3/c1-14(20(24)22-17-6-3-4-7-18(17)29-2)28-21(25)15-9-11-16(12-10-15)23-31(26,27)19-8-5-13-30-19/h3-14,23H,1-2H3,(H,22,24)/t14-/m1/s1. The van der Waals surface area contributed by atoms with Gasteiger partial charge in [-0.05, 0) is 61.0 Å². The van der Waals surface area contributed by atoms with E-state index in [1.165, 1.54) is 49.0 Å². The summed E-state index contributed by atoms with van der Waals surface area (Å²) in [6, 6.07) is 16.3.